The van der Waals surface area contributed by atoms with E-state index >= 15 is 0 Å². The summed E-state index contributed by atoms with van der Waals surface area (Å²) in [5.74, 6) is 0. The fraction of sp³-hybridized carbons (Fsp3) is 1.00. The van der Waals surface area contributed by atoms with Gasteiger partial charge in [-0.1, -0.05) is 19.3 Å². The van der Waals surface area contributed by atoms with Crippen molar-refractivity contribution in [2.75, 3.05) is 0 Å². The van der Waals surface area contributed by atoms with Crippen LogP contribution in [0.1, 0.15) is 64.2 Å². The van der Waals surface area contributed by atoms with Crippen LogP contribution < -0.4 is 22.9 Å². The summed E-state index contributed by atoms with van der Waals surface area (Å²) in [6.45, 7) is 0. The normalized spacial score (nSPS) is 38.0. The van der Waals surface area contributed by atoms with Gasteiger partial charge < -0.3 is 22.9 Å². The molecule has 1 rings (SSSR count). The Morgan fingerprint density at radius 3 is 1.39 bits per heavy atom. The first kappa shape index (κ1) is 15.9. The lowest BCUT2D eigenvalue weighted by Crippen LogP contribution is -2.32. The van der Waals surface area contributed by atoms with Gasteiger partial charge in [0.15, 0.2) is 0 Å². The van der Waals surface area contributed by atoms with Crippen LogP contribution in [0.5, 0.6) is 0 Å². The van der Waals surface area contributed by atoms with E-state index in [1.165, 1.54) is 12.8 Å². The standard InChI is InChI=1S/C14H32N4/c15-11-4-1-2-5-13(17)10-14(18)7-3-6-12(16)9-8-11/h11-14H,1-10,15-18H2. The molecule has 4 nitrogen and oxygen atoms in total. The van der Waals surface area contributed by atoms with Gasteiger partial charge in [0.1, 0.15) is 0 Å². The van der Waals surface area contributed by atoms with Crippen LogP contribution in [-0.4, -0.2) is 24.2 Å². The van der Waals surface area contributed by atoms with Gasteiger partial charge in [-0.25, -0.2) is 0 Å². The molecule has 0 spiro atoms. The molecule has 1 saturated carbocycles. The molecule has 1 aliphatic carbocycles. The quantitative estimate of drug-likeness (QED) is 0.523. The molecule has 18 heavy (non-hydrogen) atoms. The van der Waals surface area contributed by atoms with Crippen LogP contribution in [0.4, 0.5) is 0 Å². The van der Waals surface area contributed by atoms with Crippen molar-refractivity contribution in [1.82, 2.24) is 0 Å². The molecule has 0 bridgehead atoms. The average Bonchev–Trinajstić information content (AvgIpc) is 2.31. The Bertz CT molecular complexity index is 210. The zero-order valence-corrected chi connectivity index (χ0v) is 11.7. The average molecular weight is 256 g/mol. The van der Waals surface area contributed by atoms with E-state index < -0.39 is 0 Å². The maximum Gasteiger partial charge on any atom is 0.00535 e. The first-order chi connectivity index (χ1) is 8.58. The summed E-state index contributed by atoms with van der Waals surface area (Å²) < 4.78 is 0. The highest BCUT2D eigenvalue weighted by Crippen LogP contribution is 2.15. The molecule has 0 aromatic heterocycles. The van der Waals surface area contributed by atoms with E-state index in [-0.39, 0.29) is 12.1 Å². The molecule has 1 aliphatic rings. The Kier molecular flexibility index (Phi) is 7.82. The molecule has 4 unspecified atom stereocenters. The third kappa shape index (κ3) is 7.31. The summed E-state index contributed by atoms with van der Waals surface area (Å²) in [5, 5.41) is 0. The summed E-state index contributed by atoms with van der Waals surface area (Å²) in [6, 6.07) is 1.11. The molecular weight excluding hydrogens is 224 g/mol. The second kappa shape index (κ2) is 8.86. The topological polar surface area (TPSA) is 104 Å². The van der Waals surface area contributed by atoms with Gasteiger partial charge in [0.05, 0.1) is 0 Å². The molecule has 4 atom stereocenters. The zero-order chi connectivity index (χ0) is 13.4. The highest BCUT2D eigenvalue weighted by molar-refractivity contribution is 4.74. The third-order valence-electron chi connectivity index (χ3n) is 4.06. The molecule has 4 heteroatoms. The maximum atomic E-state index is 6.10. The van der Waals surface area contributed by atoms with E-state index in [9.17, 15) is 0 Å². The first-order valence-corrected chi connectivity index (χ1v) is 7.60. The largest absolute Gasteiger partial charge is 0.328 e. The highest BCUT2D eigenvalue weighted by atomic mass is 14.7. The molecule has 8 N–H and O–H groups in total. The molecule has 0 amide bonds. The monoisotopic (exact) mass is 256 g/mol. The zero-order valence-electron chi connectivity index (χ0n) is 11.7. The summed E-state index contributed by atoms with van der Waals surface area (Å²) in [4.78, 5) is 0. The molecule has 108 valence electrons. The van der Waals surface area contributed by atoms with E-state index in [0.717, 1.165) is 51.4 Å². The predicted octanol–water partition coefficient (Wildman–Crippen LogP) is 1.21. The molecule has 0 heterocycles. The van der Waals surface area contributed by atoms with Crippen molar-refractivity contribution < 1.29 is 0 Å². The van der Waals surface area contributed by atoms with Crippen molar-refractivity contribution >= 4 is 0 Å². The SMILES string of the molecule is NC1CCCCC(N)CC(N)CCCC(N)CC1. The van der Waals surface area contributed by atoms with E-state index in [2.05, 4.69) is 0 Å². The minimum Gasteiger partial charge on any atom is -0.328 e. The number of hydrogen-bond donors (Lipinski definition) is 4. The Balaban J connectivity index is 2.37. The molecular formula is C14H32N4. The van der Waals surface area contributed by atoms with Crippen LogP contribution in [0.25, 0.3) is 0 Å². The van der Waals surface area contributed by atoms with Crippen molar-refractivity contribution in [3.8, 4) is 0 Å². The molecule has 0 saturated heterocycles. The second-order valence-electron chi connectivity index (χ2n) is 6.07. The lowest BCUT2D eigenvalue weighted by atomic mass is 9.94. The van der Waals surface area contributed by atoms with Gasteiger partial charge in [-0.2, -0.15) is 0 Å². The smallest absolute Gasteiger partial charge is 0.00535 e. The summed E-state index contributed by atoms with van der Waals surface area (Å²) in [6.07, 6.45) is 10.8. The van der Waals surface area contributed by atoms with Gasteiger partial charge in [0, 0.05) is 24.2 Å². The van der Waals surface area contributed by atoms with E-state index in [1.54, 1.807) is 0 Å². The first-order valence-electron chi connectivity index (χ1n) is 7.60. The fourth-order valence-electron chi connectivity index (χ4n) is 2.80. The fourth-order valence-corrected chi connectivity index (χ4v) is 2.80. The van der Waals surface area contributed by atoms with Crippen LogP contribution >= 0.6 is 0 Å². The third-order valence-corrected chi connectivity index (χ3v) is 4.06. The molecule has 1 fully saturated rings. The van der Waals surface area contributed by atoms with Gasteiger partial charge in [0.2, 0.25) is 0 Å². The van der Waals surface area contributed by atoms with Crippen molar-refractivity contribution in [2.45, 2.75) is 88.4 Å². The van der Waals surface area contributed by atoms with Gasteiger partial charge in [0.25, 0.3) is 0 Å². The Hall–Kier alpha value is -0.160. The predicted molar refractivity (Wildman–Crippen MR) is 78.1 cm³/mol. The minimum atomic E-state index is 0.248. The van der Waals surface area contributed by atoms with E-state index in [1.807, 2.05) is 0 Å². The van der Waals surface area contributed by atoms with Gasteiger partial charge in [-0.3, -0.25) is 0 Å². The number of hydrogen-bond acceptors (Lipinski definition) is 4. The van der Waals surface area contributed by atoms with E-state index in [4.69, 9.17) is 22.9 Å². The van der Waals surface area contributed by atoms with E-state index in [0.29, 0.717) is 12.1 Å². The summed E-state index contributed by atoms with van der Waals surface area (Å²) >= 11 is 0. The molecule has 0 aromatic rings. The van der Waals surface area contributed by atoms with Gasteiger partial charge in [-0.05, 0) is 44.9 Å². The van der Waals surface area contributed by atoms with Crippen LogP contribution in [0.2, 0.25) is 0 Å². The molecule has 0 aromatic carbocycles. The van der Waals surface area contributed by atoms with Gasteiger partial charge in [-0.15, -0.1) is 0 Å². The Labute approximate surface area is 112 Å². The van der Waals surface area contributed by atoms with Crippen molar-refractivity contribution in [1.29, 1.82) is 0 Å². The number of nitrogens with two attached hydrogens (primary N) is 4. The maximum absolute atomic E-state index is 6.10. The highest BCUT2D eigenvalue weighted by Gasteiger charge is 2.13. The minimum absolute atomic E-state index is 0.248. The molecule has 0 aliphatic heterocycles. The second-order valence-corrected chi connectivity index (χ2v) is 6.07. The Morgan fingerprint density at radius 2 is 0.833 bits per heavy atom. The van der Waals surface area contributed by atoms with Gasteiger partial charge >= 0.3 is 0 Å². The lowest BCUT2D eigenvalue weighted by molar-refractivity contribution is 0.405. The van der Waals surface area contributed by atoms with Crippen molar-refractivity contribution in [3.63, 3.8) is 0 Å². The van der Waals surface area contributed by atoms with Crippen molar-refractivity contribution in [2.24, 2.45) is 22.9 Å². The Morgan fingerprint density at radius 1 is 0.444 bits per heavy atom. The van der Waals surface area contributed by atoms with Crippen molar-refractivity contribution in [3.05, 3.63) is 0 Å². The van der Waals surface area contributed by atoms with Crippen LogP contribution in [0.15, 0.2) is 0 Å². The van der Waals surface area contributed by atoms with Crippen LogP contribution in [0.3, 0.4) is 0 Å². The van der Waals surface area contributed by atoms with Crippen LogP contribution in [0, 0.1) is 0 Å². The lowest BCUT2D eigenvalue weighted by Gasteiger charge is -2.20. The summed E-state index contributed by atoms with van der Waals surface area (Å²) in [7, 11) is 0. The summed E-state index contributed by atoms with van der Waals surface area (Å²) in [5.41, 5.74) is 24.4. The van der Waals surface area contributed by atoms with Crippen LogP contribution in [-0.2, 0) is 0 Å². The number of rotatable bonds is 0. The molecule has 0 radical (unpaired) electrons.